The van der Waals surface area contributed by atoms with Crippen LogP contribution in [0, 0.1) is 27.7 Å². The van der Waals surface area contributed by atoms with Crippen LogP contribution >= 0.6 is 11.3 Å². The second-order valence-electron chi connectivity index (χ2n) is 5.47. The molecule has 0 bridgehead atoms. The molecule has 0 unspecified atom stereocenters. The summed E-state index contributed by atoms with van der Waals surface area (Å²) >= 11 is 1.42. The molecule has 0 aliphatic heterocycles. The largest absolute Gasteiger partial charge is 0.744 e. The first-order chi connectivity index (χ1) is 11.0. The zero-order valence-electron chi connectivity index (χ0n) is 14.2. The van der Waals surface area contributed by atoms with Gasteiger partial charge in [-0.15, -0.1) is 4.68 Å². The van der Waals surface area contributed by atoms with E-state index < -0.39 is 10.1 Å². The lowest BCUT2D eigenvalue weighted by Crippen LogP contribution is -2.47. The highest BCUT2D eigenvalue weighted by molar-refractivity contribution is 7.85. The minimum absolute atomic E-state index is 0.0851. The van der Waals surface area contributed by atoms with Crippen LogP contribution < -0.4 is 16.3 Å². The molecule has 0 aliphatic carbocycles. The van der Waals surface area contributed by atoms with Crippen molar-refractivity contribution in [1.29, 1.82) is 0 Å². The predicted octanol–water partition coefficient (Wildman–Crippen LogP) is 0.691. The fourth-order valence-electron chi connectivity index (χ4n) is 2.44. The highest BCUT2D eigenvalue weighted by Crippen LogP contribution is 2.20. The third-order valence-electron chi connectivity index (χ3n) is 3.42. The number of aryl methyl sites for hydroxylation is 3. The fraction of sp³-hybridized carbons (Fsp3) is 0.400. The first kappa shape index (κ1) is 20.4. The Morgan fingerprint density at radius 2 is 1.71 bits per heavy atom. The first-order valence-electron chi connectivity index (χ1n) is 7.18. The topological polar surface area (TPSA) is 133 Å². The van der Waals surface area contributed by atoms with E-state index in [1.54, 1.807) is 26.0 Å². The van der Waals surface area contributed by atoms with E-state index in [9.17, 15) is 13.0 Å². The molecular formula is C15H23N3O4S2. The number of aliphatic hydroxyl groups excluding tert-OH is 1. The number of aromatic nitrogens is 1. The van der Waals surface area contributed by atoms with Crippen molar-refractivity contribution in [2.75, 3.05) is 18.2 Å². The zero-order valence-corrected chi connectivity index (χ0v) is 15.8. The molecule has 2 aromatic rings. The number of anilines is 1. The maximum atomic E-state index is 10.8. The minimum atomic E-state index is -4.33. The van der Waals surface area contributed by atoms with Crippen LogP contribution in [0.25, 0.3) is 0 Å². The summed E-state index contributed by atoms with van der Waals surface area (Å²) in [6.45, 7) is 7.15. The third kappa shape index (κ3) is 4.91. The minimum Gasteiger partial charge on any atom is -0.744 e. The molecule has 134 valence electrons. The van der Waals surface area contributed by atoms with Crippen molar-refractivity contribution in [3.63, 3.8) is 0 Å². The Balaban J connectivity index is 0.000000243. The third-order valence-corrected chi connectivity index (χ3v) is 5.72. The van der Waals surface area contributed by atoms with E-state index in [0.29, 0.717) is 22.7 Å². The Kier molecular flexibility index (Phi) is 6.73. The van der Waals surface area contributed by atoms with Gasteiger partial charge in [0, 0.05) is 20.0 Å². The van der Waals surface area contributed by atoms with Gasteiger partial charge < -0.3 is 9.66 Å². The van der Waals surface area contributed by atoms with E-state index in [-0.39, 0.29) is 11.5 Å². The van der Waals surface area contributed by atoms with Crippen molar-refractivity contribution < 1.29 is 22.8 Å². The Labute approximate surface area is 146 Å². The molecule has 2 rings (SSSR count). The molecule has 0 atom stereocenters. The Morgan fingerprint density at radius 1 is 1.21 bits per heavy atom. The Hall–Kier alpha value is -1.68. The lowest BCUT2D eigenvalue weighted by Gasteiger charge is -2.14. The number of nitrogens with two attached hydrogens (primary N) is 2. The van der Waals surface area contributed by atoms with Crippen molar-refractivity contribution in [2.24, 2.45) is 0 Å². The molecule has 0 saturated carbocycles. The fourth-order valence-corrected chi connectivity index (χ4v) is 4.28. The molecule has 0 aliphatic rings. The van der Waals surface area contributed by atoms with Crippen LogP contribution in [0.15, 0.2) is 17.0 Å². The zero-order chi connectivity index (χ0) is 18.7. The number of hydrogen-bond acceptors (Lipinski definition) is 7. The summed E-state index contributed by atoms with van der Waals surface area (Å²) in [5.74, 6) is 5.55. The van der Waals surface area contributed by atoms with E-state index in [0.717, 1.165) is 16.1 Å². The van der Waals surface area contributed by atoms with Crippen LogP contribution in [0.2, 0.25) is 0 Å². The van der Waals surface area contributed by atoms with Gasteiger partial charge in [0.2, 0.25) is 0 Å². The molecule has 9 heteroatoms. The normalized spacial score (nSPS) is 11.1. The van der Waals surface area contributed by atoms with Gasteiger partial charge in [-0.3, -0.25) is 11.6 Å². The number of hydrogen-bond donors (Lipinski definition) is 3. The molecule has 1 aromatic heterocycles. The monoisotopic (exact) mass is 373 g/mol. The number of rotatable bonds is 3. The quantitative estimate of drug-likeness (QED) is 0.412. The van der Waals surface area contributed by atoms with Crippen LogP contribution in [-0.2, 0) is 16.5 Å². The smallest absolute Gasteiger partial charge is 0.355 e. The van der Waals surface area contributed by atoms with Gasteiger partial charge in [-0.1, -0.05) is 17.7 Å². The van der Waals surface area contributed by atoms with Gasteiger partial charge >= 0.3 is 5.13 Å². The lowest BCUT2D eigenvalue weighted by molar-refractivity contribution is -0.626. The van der Waals surface area contributed by atoms with E-state index in [1.807, 2.05) is 13.8 Å². The van der Waals surface area contributed by atoms with Crippen molar-refractivity contribution in [1.82, 2.24) is 0 Å². The molecule has 1 aromatic carbocycles. The van der Waals surface area contributed by atoms with Crippen LogP contribution in [0.1, 0.15) is 27.3 Å². The van der Waals surface area contributed by atoms with Gasteiger partial charge in [-0.25, -0.2) is 8.42 Å². The average Bonchev–Trinajstić information content (AvgIpc) is 2.65. The molecule has 24 heavy (non-hydrogen) atoms. The second-order valence-corrected chi connectivity index (χ2v) is 7.91. The summed E-state index contributed by atoms with van der Waals surface area (Å²) in [6.07, 6.45) is 0.630. The summed E-state index contributed by atoms with van der Waals surface area (Å²) in [5, 5.41) is 9.24. The molecule has 5 N–H and O–H groups in total. The summed E-state index contributed by atoms with van der Waals surface area (Å²) in [6, 6.07) is 3.38. The lowest BCUT2D eigenvalue weighted by atomic mass is 10.1. The van der Waals surface area contributed by atoms with Crippen molar-refractivity contribution in [2.45, 2.75) is 39.0 Å². The predicted molar refractivity (Wildman–Crippen MR) is 93.2 cm³/mol. The number of aliphatic hydroxyl groups is 1. The van der Waals surface area contributed by atoms with Crippen LogP contribution in [0.3, 0.4) is 0 Å². The van der Waals surface area contributed by atoms with Gasteiger partial charge in [0.05, 0.1) is 9.77 Å². The molecule has 0 radical (unpaired) electrons. The van der Waals surface area contributed by atoms with Gasteiger partial charge in [-0.05, 0) is 43.2 Å². The van der Waals surface area contributed by atoms with Crippen molar-refractivity contribution in [3.05, 3.63) is 39.4 Å². The molecule has 0 saturated heterocycles. The van der Waals surface area contributed by atoms with E-state index in [4.69, 9.17) is 16.7 Å². The van der Waals surface area contributed by atoms with E-state index in [1.165, 1.54) is 16.0 Å². The maximum Gasteiger partial charge on any atom is 0.355 e. The number of benzene rings is 1. The standard InChI is InChI=1S/C9H12O3S.C6H11N3OS/c1-6-4-7(2)9(8(3)5-6)13(10,11)12;1-4-5(2-3-10)11-6(7)9(4)8/h4-5H,1-3H3,(H,10,11,12);7,10H,2-3,8H2,1H3. The Bertz CT molecular complexity index is 806. The maximum absolute atomic E-state index is 10.8. The molecule has 0 spiro atoms. The van der Waals surface area contributed by atoms with Gasteiger partial charge in [0.15, 0.2) is 0 Å². The first-order valence-corrected chi connectivity index (χ1v) is 9.41. The Morgan fingerprint density at radius 3 is 2.04 bits per heavy atom. The van der Waals surface area contributed by atoms with Crippen LogP contribution in [0.4, 0.5) is 5.13 Å². The molecule has 7 nitrogen and oxygen atoms in total. The molecule has 0 fully saturated rings. The molecule has 0 amide bonds. The van der Waals surface area contributed by atoms with E-state index >= 15 is 0 Å². The van der Waals surface area contributed by atoms with Crippen molar-refractivity contribution >= 4 is 26.6 Å². The molecular weight excluding hydrogens is 350 g/mol. The SMILES string of the molecule is Cc1c(CCO)sc(N)[n+]1N.Cc1cc(C)c(S(=O)(=O)[O-])c(C)c1. The van der Waals surface area contributed by atoms with Gasteiger partial charge in [-0.2, -0.15) is 0 Å². The van der Waals surface area contributed by atoms with Crippen LogP contribution in [-0.4, -0.2) is 24.7 Å². The summed E-state index contributed by atoms with van der Waals surface area (Å²) in [7, 11) is -4.33. The summed E-state index contributed by atoms with van der Waals surface area (Å²) < 4.78 is 33.9. The van der Waals surface area contributed by atoms with Gasteiger partial charge in [0.1, 0.15) is 15.8 Å². The second kappa shape index (κ2) is 7.93. The molecule has 1 heterocycles. The number of thiazole rings is 1. The number of nitrogens with zero attached hydrogens (tertiary/aromatic N) is 1. The average molecular weight is 374 g/mol. The van der Waals surface area contributed by atoms with Crippen molar-refractivity contribution in [3.8, 4) is 0 Å². The number of nitrogen functional groups attached to an aromatic ring is 2. The van der Waals surface area contributed by atoms with Crippen LogP contribution in [0.5, 0.6) is 0 Å². The van der Waals surface area contributed by atoms with Gasteiger partial charge in [0.25, 0.3) is 0 Å². The summed E-state index contributed by atoms with van der Waals surface area (Å²) in [4.78, 5) is 0.964. The highest BCUT2D eigenvalue weighted by atomic mass is 32.2. The highest BCUT2D eigenvalue weighted by Gasteiger charge is 2.14. The van der Waals surface area contributed by atoms with E-state index in [2.05, 4.69) is 0 Å². The summed E-state index contributed by atoms with van der Waals surface area (Å²) in [5.41, 5.74) is 8.48.